The van der Waals surface area contributed by atoms with Gasteiger partial charge in [0.1, 0.15) is 11.4 Å². The summed E-state index contributed by atoms with van der Waals surface area (Å²) < 4.78 is 21.2. The molecule has 0 aliphatic rings. The van der Waals surface area contributed by atoms with E-state index in [1.807, 2.05) is 58.2 Å². The minimum absolute atomic E-state index is 0.189. The number of halogens is 1. The Morgan fingerprint density at radius 3 is 2.56 bits per heavy atom. The van der Waals surface area contributed by atoms with Gasteiger partial charge in [-0.1, -0.05) is 29.4 Å². The van der Waals surface area contributed by atoms with Crippen molar-refractivity contribution in [3.63, 3.8) is 0 Å². The van der Waals surface area contributed by atoms with Gasteiger partial charge in [-0.3, -0.25) is 9.78 Å². The SMILES string of the molecule is CNCc1ccc(-c2cc(-c3nc(-c4cc(F)c(=O)n(C(C)C)c4)cnc3C)on2)cc1. The third-order valence-corrected chi connectivity index (χ3v) is 5.18. The maximum absolute atomic E-state index is 14.2. The molecule has 0 saturated heterocycles. The first-order chi connectivity index (χ1) is 15.4. The van der Waals surface area contributed by atoms with Gasteiger partial charge in [0.05, 0.1) is 17.6 Å². The molecule has 3 aromatic heterocycles. The predicted molar refractivity (Wildman–Crippen MR) is 121 cm³/mol. The molecule has 0 unspecified atom stereocenters. The fourth-order valence-electron chi connectivity index (χ4n) is 3.43. The third kappa shape index (κ3) is 4.22. The second kappa shape index (κ2) is 8.84. The highest BCUT2D eigenvalue weighted by Gasteiger charge is 2.16. The minimum atomic E-state index is -0.830. The van der Waals surface area contributed by atoms with Crippen molar-refractivity contribution in [2.24, 2.45) is 0 Å². The quantitative estimate of drug-likeness (QED) is 0.486. The van der Waals surface area contributed by atoms with E-state index in [4.69, 9.17) is 4.52 Å². The van der Waals surface area contributed by atoms with Gasteiger partial charge in [-0.25, -0.2) is 9.37 Å². The van der Waals surface area contributed by atoms with Crippen LogP contribution >= 0.6 is 0 Å². The van der Waals surface area contributed by atoms with Crippen LogP contribution < -0.4 is 10.9 Å². The van der Waals surface area contributed by atoms with Crippen LogP contribution in [-0.2, 0) is 6.54 Å². The summed E-state index contributed by atoms with van der Waals surface area (Å²) in [5.74, 6) is -0.368. The summed E-state index contributed by atoms with van der Waals surface area (Å²) in [5.41, 5.74) is 4.18. The Kier molecular flexibility index (Phi) is 5.96. The van der Waals surface area contributed by atoms with Crippen LogP contribution in [0.15, 0.2) is 58.1 Å². The number of hydrogen-bond acceptors (Lipinski definition) is 6. The van der Waals surface area contributed by atoms with Gasteiger partial charge in [0.2, 0.25) is 0 Å². The molecule has 0 aliphatic heterocycles. The summed E-state index contributed by atoms with van der Waals surface area (Å²) in [4.78, 5) is 21.1. The molecular weight excluding hydrogens is 409 g/mol. The van der Waals surface area contributed by atoms with Gasteiger partial charge in [-0.15, -0.1) is 0 Å². The van der Waals surface area contributed by atoms with Crippen LogP contribution in [0.3, 0.4) is 0 Å². The lowest BCUT2D eigenvalue weighted by Gasteiger charge is -2.12. The summed E-state index contributed by atoms with van der Waals surface area (Å²) in [7, 11) is 1.90. The highest BCUT2D eigenvalue weighted by molar-refractivity contribution is 5.68. The normalized spacial score (nSPS) is 11.3. The average molecular weight is 433 g/mol. The summed E-state index contributed by atoms with van der Waals surface area (Å²) in [6.45, 7) is 6.24. The average Bonchev–Trinajstić information content (AvgIpc) is 3.26. The zero-order chi connectivity index (χ0) is 22.8. The van der Waals surface area contributed by atoms with Crippen molar-refractivity contribution in [3.8, 4) is 34.0 Å². The molecule has 8 heteroatoms. The number of rotatable bonds is 6. The van der Waals surface area contributed by atoms with E-state index in [1.165, 1.54) is 16.2 Å². The first-order valence-corrected chi connectivity index (χ1v) is 10.3. The van der Waals surface area contributed by atoms with Gasteiger partial charge in [0.15, 0.2) is 11.6 Å². The Hall–Kier alpha value is -3.65. The van der Waals surface area contributed by atoms with E-state index in [1.54, 1.807) is 12.4 Å². The van der Waals surface area contributed by atoms with Crippen LogP contribution in [0.5, 0.6) is 0 Å². The van der Waals surface area contributed by atoms with Crippen LogP contribution in [0.1, 0.15) is 31.1 Å². The van der Waals surface area contributed by atoms with Crippen molar-refractivity contribution >= 4 is 0 Å². The maximum atomic E-state index is 14.2. The molecule has 0 saturated carbocycles. The third-order valence-electron chi connectivity index (χ3n) is 5.18. The number of nitrogens with zero attached hydrogens (tertiary/aromatic N) is 4. The molecule has 4 rings (SSSR count). The molecule has 32 heavy (non-hydrogen) atoms. The van der Waals surface area contributed by atoms with Gasteiger partial charge in [0.25, 0.3) is 5.56 Å². The van der Waals surface area contributed by atoms with E-state index >= 15 is 0 Å². The van der Waals surface area contributed by atoms with E-state index in [-0.39, 0.29) is 6.04 Å². The number of aryl methyl sites for hydroxylation is 1. The lowest BCUT2D eigenvalue weighted by molar-refractivity contribution is 0.433. The van der Waals surface area contributed by atoms with Gasteiger partial charge < -0.3 is 14.4 Å². The van der Waals surface area contributed by atoms with Crippen molar-refractivity contribution in [3.05, 3.63) is 76.2 Å². The Morgan fingerprint density at radius 1 is 1.12 bits per heavy atom. The zero-order valence-corrected chi connectivity index (χ0v) is 18.4. The van der Waals surface area contributed by atoms with Crippen molar-refractivity contribution in [2.45, 2.75) is 33.4 Å². The zero-order valence-electron chi connectivity index (χ0n) is 18.4. The molecule has 0 amide bonds. The molecule has 0 bridgehead atoms. The fraction of sp³-hybridized carbons (Fsp3) is 0.250. The Balaban J connectivity index is 1.71. The minimum Gasteiger partial charge on any atom is -0.354 e. The van der Waals surface area contributed by atoms with E-state index in [0.717, 1.165) is 12.1 Å². The molecule has 0 fully saturated rings. The van der Waals surface area contributed by atoms with Gasteiger partial charge >= 0.3 is 0 Å². The molecule has 0 aliphatic carbocycles. The second-order valence-electron chi connectivity index (χ2n) is 7.88. The topological polar surface area (TPSA) is 85.8 Å². The largest absolute Gasteiger partial charge is 0.354 e. The lowest BCUT2D eigenvalue weighted by atomic mass is 10.1. The number of benzene rings is 1. The fourth-order valence-corrected chi connectivity index (χ4v) is 3.43. The molecule has 7 nitrogen and oxygen atoms in total. The first kappa shape index (κ1) is 21.6. The van der Waals surface area contributed by atoms with Gasteiger partial charge in [0, 0.05) is 36.0 Å². The number of aromatic nitrogens is 4. The highest BCUT2D eigenvalue weighted by atomic mass is 19.1. The van der Waals surface area contributed by atoms with Crippen LogP contribution in [0.2, 0.25) is 0 Å². The van der Waals surface area contributed by atoms with Gasteiger partial charge in [-0.05, 0) is 39.4 Å². The molecule has 0 radical (unpaired) electrons. The summed E-state index contributed by atoms with van der Waals surface area (Å²) in [6.07, 6.45) is 3.15. The maximum Gasteiger partial charge on any atom is 0.286 e. The molecule has 1 aromatic carbocycles. The van der Waals surface area contributed by atoms with Crippen LogP contribution in [0, 0.1) is 12.7 Å². The lowest BCUT2D eigenvalue weighted by Crippen LogP contribution is -2.24. The number of hydrogen-bond donors (Lipinski definition) is 1. The van der Waals surface area contributed by atoms with Crippen molar-refractivity contribution in [1.82, 2.24) is 25.0 Å². The standard InChI is InChI=1S/C24H24FN5O2/c1-14(2)30-13-18(9-19(25)24(30)31)21-12-27-15(3)23(28-21)22-10-20(29-32-22)17-7-5-16(6-8-17)11-26-4/h5-10,12-14,26H,11H2,1-4H3. The Morgan fingerprint density at radius 2 is 1.88 bits per heavy atom. The van der Waals surface area contributed by atoms with E-state index < -0.39 is 11.4 Å². The van der Waals surface area contributed by atoms with Gasteiger partial charge in [-0.2, -0.15) is 0 Å². The highest BCUT2D eigenvalue weighted by Crippen LogP contribution is 2.28. The Bertz CT molecular complexity index is 1310. The molecule has 3 heterocycles. The van der Waals surface area contributed by atoms with Crippen LogP contribution in [0.4, 0.5) is 4.39 Å². The summed E-state index contributed by atoms with van der Waals surface area (Å²) in [5, 5.41) is 7.30. The predicted octanol–water partition coefficient (Wildman–Crippen LogP) is 4.38. The number of pyridine rings is 1. The first-order valence-electron chi connectivity index (χ1n) is 10.3. The summed E-state index contributed by atoms with van der Waals surface area (Å²) >= 11 is 0. The van der Waals surface area contributed by atoms with E-state index in [0.29, 0.717) is 34.1 Å². The summed E-state index contributed by atoms with van der Waals surface area (Å²) in [6, 6.07) is 10.8. The molecule has 0 atom stereocenters. The molecule has 4 aromatic rings. The van der Waals surface area contributed by atoms with Crippen molar-refractivity contribution in [2.75, 3.05) is 7.05 Å². The molecular formula is C24H24FN5O2. The molecule has 164 valence electrons. The Labute approximate surface area is 185 Å². The van der Waals surface area contributed by atoms with Crippen molar-refractivity contribution in [1.29, 1.82) is 0 Å². The molecule has 1 N–H and O–H groups in total. The monoisotopic (exact) mass is 433 g/mol. The smallest absolute Gasteiger partial charge is 0.286 e. The second-order valence-corrected chi connectivity index (χ2v) is 7.88. The van der Waals surface area contributed by atoms with Crippen LogP contribution in [-0.4, -0.2) is 26.7 Å². The molecule has 0 spiro atoms. The van der Waals surface area contributed by atoms with Crippen molar-refractivity contribution < 1.29 is 8.91 Å². The van der Waals surface area contributed by atoms with E-state index in [9.17, 15) is 9.18 Å². The van der Waals surface area contributed by atoms with Crippen LogP contribution in [0.25, 0.3) is 34.0 Å². The number of nitrogens with one attached hydrogen (secondary N) is 1. The van der Waals surface area contributed by atoms with E-state index in [2.05, 4.69) is 20.4 Å².